The van der Waals surface area contributed by atoms with Gasteiger partial charge in [-0.2, -0.15) is 0 Å². The molecule has 0 bridgehead atoms. The van der Waals surface area contributed by atoms with E-state index >= 15 is 0 Å². The number of nitrogens with zero attached hydrogens (tertiary/aromatic N) is 2. The maximum absolute atomic E-state index is 13.5. The van der Waals surface area contributed by atoms with E-state index in [4.69, 9.17) is 9.47 Å². The highest BCUT2D eigenvalue weighted by Gasteiger charge is 2.33. The minimum Gasteiger partial charge on any atom is -0.508 e. The Bertz CT molecular complexity index is 1380. The summed E-state index contributed by atoms with van der Waals surface area (Å²) in [6, 6.07) is 13.2. The van der Waals surface area contributed by atoms with Crippen LogP contribution in [0, 0.1) is 0 Å². The lowest BCUT2D eigenvalue weighted by Gasteiger charge is -2.24. The van der Waals surface area contributed by atoms with Crippen molar-refractivity contribution in [1.82, 2.24) is 4.57 Å². The second-order valence-electron chi connectivity index (χ2n) is 7.17. The number of methoxy groups -OCH3 is 1. The Morgan fingerprint density at radius 3 is 2.66 bits per heavy atom. The van der Waals surface area contributed by atoms with Crippen LogP contribution >= 0.6 is 11.3 Å². The highest BCUT2D eigenvalue weighted by atomic mass is 32.1. The fourth-order valence-corrected chi connectivity index (χ4v) is 4.71. The molecule has 3 aromatic rings. The van der Waals surface area contributed by atoms with E-state index in [2.05, 4.69) is 4.99 Å². The number of fused-ring (bicyclic) bond motifs is 1. The third-order valence-corrected chi connectivity index (χ3v) is 6.10. The Kier molecular flexibility index (Phi) is 5.96. The molecule has 1 atom stereocenters. The molecule has 0 fully saturated rings. The molecule has 164 valence electrons. The van der Waals surface area contributed by atoms with Crippen molar-refractivity contribution in [3.63, 3.8) is 0 Å². The van der Waals surface area contributed by atoms with E-state index in [1.807, 2.05) is 12.1 Å². The molecular formula is C24H22N2O5S. The quantitative estimate of drug-likeness (QED) is 0.604. The molecule has 1 aliphatic rings. The van der Waals surface area contributed by atoms with Crippen LogP contribution in [0.3, 0.4) is 0 Å². The Labute approximate surface area is 188 Å². The third kappa shape index (κ3) is 3.97. The molecule has 7 nitrogen and oxygen atoms in total. The molecule has 1 aliphatic heterocycles. The Balaban J connectivity index is 1.94. The number of benzene rings is 2. The van der Waals surface area contributed by atoms with Gasteiger partial charge >= 0.3 is 5.97 Å². The van der Waals surface area contributed by atoms with Crippen molar-refractivity contribution in [2.45, 2.75) is 19.9 Å². The molecule has 0 amide bonds. The maximum atomic E-state index is 13.5. The van der Waals surface area contributed by atoms with Crippen LogP contribution in [0.15, 0.2) is 69.6 Å². The number of phenols is 1. The van der Waals surface area contributed by atoms with Gasteiger partial charge in [0.15, 0.2) is 4.80 Å². The number of esters is 1. The molecule has 0 radical (unpaired) electrons. The smallest absolute Gasteiger partial charge is 0.338 e. The molecular weight excluding hydrogens is 428 g/mol. The Hall–Kier alpha value is -3.65. The molecule has 1 N–H and O–H groups in total. The van der Waals surface area contributed by atoms with Gasteiger partial charge in [0.05, 0.1) is 35.6 Å². The number of hydrogen-bond donors (Lipinski definition) is 1. The molecule has 0 spiro atoms. The van der Waals surface area contributed by atoms with Crippen LogP contribution in [0.2, 0.25) is 0 Å². The van der Waals surface area contributed by atoms with Gasteiger partial charge in [0, 0.05) is 0 Å². The summed E-state index contributed by atoms with van der Waals surface area (Å²) in [4.78, 5) is 31.4. The van der Waals surface area contributed by atoms with Crippen LogP contribution in [0.4, 0.5) is 0 Å². The van der Waals surface area contributed by atoms with Gasteiger partial charge in [0.25, 0.3) is 5.56 Å². The second-order valence-corrected chi connectivity index (χ2v) is 8.18. The zero-order valence-electron chi connectivity index (χ0n) is 17.9. The molecule has 1 aromatic heterocycles. The number of phenolic OH excluding ortho intramolecular Hbond substituents is 1. The molecule has 2 aromatic carbocycles. The first kappa shape index (κ1) is 21.6. The second kappa shape index (κ2) is 8.84. The lowest BCUT2D eigenvalue weighted by molar-refractivity contribution is -0.139. The normalized spacial score (nSPS) is 15.8. The van der Waals surface area contributed by atoms with Crippen molar-refractivity contribution in [2.24, 2.45) is 4.99 Å². The summed E-state index contributed by atoms with van der Waals surface area (Å²) < 4.78 is 12.5. The molecule has 0 saturated heterocycles. The average Bonchev–Trinajstić information content (AvgIpc) is 3.07. The monoisotopic (exact) mass is 450 g/mol. The number of ether oxygens (including phenoxy) is 2. The topological polar surface area (TPSA) is 90.1 Å². The van der Waals surface area contributed by atoms with E-state index in [9.17, 15) is 14.7 Å². The SMILES string of the molecule is CCOC(=O)C1=C(C)N=c2s/c(=C/c3cccc(O)c3)c(=O)n2[C@H]1c1ccc(OC)cc1. The van der Waals surface area contributed by atoms with E-state index in [-0.39, 0.29) is 17.9 Å². The van der Waals surface area contributed by atoms with Gasteiger partial charge in [-0.25, -0.2) is 9.79 Å². The van der Waals surface area contributed by atoms with Crippen LogP contribution in [-0.2, 0) is 9.53 Å². The summed E-state index contributed by atoms with van der Waals surface area (Å²) in [6.45, 7) is 3.70. The van der Waals surface area contributed by atoms with E-state index < -0.39 is 12.0 Å². The molecule has 8 heteroatoms. The van der Waals surface area contributed by atoms with E-state index in [0.717, 1.165) is 5.56 Å². The zero-order chi connectivity index (χ0) is 22.8. The van der Waals surface area contributed by atoms with E-state index in [1.54, 1.807) is 63.4 Å². The summed E-state index contributed by atoms with van der Waals surface area (Å²) in [5.41, 5.74) is 2.00. The average molecular weight is 451 g/mol. The largest absolute Gasteiger partial charge is 0.508 e. The number of carbonyl (C=O) groups is 1. The van der Waals surface area contributed by atoms with Gasteiger partial charge in [-0.05, 0) is 55.3 Å². The van der Waals surface area contributed by atoms with Gasteiger partial charge in [0.1, 0.15) is 11.5 Å². The summed E-state index contributed by atoms with van der Waals surface area (Å²) in [6.07, 6.45) is 1.71. The van der Waals surface area contributed by atoms with Crippen molar-refractivity contribution in [3.8, 4) is 11.5 Å². The zero-order valence-corrected chi connectivity index (χ0v) is 18.7. The van der Waals surface area contributed by atoms with Crippen molar-refractivity contribution >= 4 is 23.4 Å². The lowest BCUT2D eigenvalue weighted by atomic mass is 9.96. The number of allylic oxidation sites excluding steroid dienone is 1. The summed E-state index contributed by atoms with van der Waals surface area (Å²) in [5.74, 6) is 0.281. The Morgan fingerprint density at radius 2 is 2.00 bits per heavy atom. The number of aromatic nitrogens is 1. The van der Waals surface area contributed by atoms with Crippen molar-refractivity contribution in [1.29, 1.82) is 0 Å². The van der Waals surface area contributed by atoms with Gasteiger partial charge < -0.3 is 14.6 Å². The maximum Gasteiger partial charge on any atom is 0.338 e. The number of hydrogen-bond acceptors (Lipinski definition) is 7. The van der Waals surface area contributed by atoms with E-state index in [1.165, 1.54) is 15.9 Å². The molecule has 32 heavy (non-hydrogen) atoms. The minimum atomic E-state index is -0.678. The van der Waals surface area contributed by atoms with Crippen LogP contribution in [-0.4, -0.2) is 29.4 Å². The fourth-order valence-electron chi connectivity index (χ4n) is 3.66. The highest BCUT2D eigenvalue weighted by Crippen LogP contribution is 2.31. The van der Waals surface area contributed by atoms with Gasteiger partial charge in [-0.3, -0.25) is 9.36 Å². The van der Waals surface area contributed by atoms with Crippen molar-refractivity contribution in [2.75, 3.05) is 13.7 Å². The standard InChI is InChI=1S/C24H22N2O5S/c1-4-31-23(29)20-14(2)25-24-26(21(20)16-8-10-18(30-3)11-9-16)22(28)19(32-24)13-15-6-5-7-17(27)12-15/h5-13,21,27H,4H2,1-3H3/b19-13+/t21-/m0/s1. The van der Waals surface area contributed by atoms with Crippen LogP contribution in [0.1, 0.15) is 31.0 Å². The number of rotatable bonds is 5. The van der Waals surface area contributed by atoms with Gasteiger partial charge in [0.2, 0.25) is 0 Å². The van der Waals surface area contributed by atoms with Crippen molar-refractivity contribution < 1.29 is 19.4 Å². The number of thiazole rings is 1. The first-order chi connectivity index (χ1) is 15.4. The molecule has 0 saturated carbocycles. The lowest BCUT2D eigenvalue weighted by Crippen LogP contribution is -2.39. The Morgan fingerprint density at radius 1 is 1.25 bits per heavy atom. The van der Waals surface area contributed by atoms with Gasteiger partial charge in [-0.1, -0.05) is 35.6 Å². The summed E-state index contributed by atoms with van der Waals surface area (Å²) in [5, 5.41) is 9.75. The highest BCUT2D eigenvalue weighted by molar-refractivity contribution is 7.07. The molecule has 2 heterocycles. The van der Waals surface area contributed by atoms with Crippen LogP contribution in [0.25, 0.3) is 6.08 Å². The van der Waals surface area contributed by atoms with Crippen LogP contribution < -0.4 is 19.6 Å². The molecule has 0 aliphatic carbocycles. The molecule has 0 unspecified atom stereocenters. The first-order valence-electron chi connectivity index (χ1n) is 10.1. The van der Waals surface area contributed by atoms with Gasteiger partial charge in [-0.15, -0.1) is 0 Å². The van der Waals surface area contributed by atoms with E-state index in [0.29, 0.717) is 31.9 Å². The van der Waals surface area contributed by atoms with Crippen molar-refractivity contribution in [3.05, 3.63) is 90.6 Å². The third-order valence-electron chi connectivity index (χ3n) is 5.12. The number of aromatic hydroxyl groups is 1. The first-order valence-corrected chi connectivity index (χ1v) is 10.9. The summed E-state index contributed by atoms with van der Waals surface area (Å²) >= 11 is 1.24. The van der Waals surface area contributed by atoms with Crippen LogP contribution in [0.5, 0.6) is 11.5 Å². The molecule has 4 rings (SSSR count). The predicted molar refractivity (Wildman–Crippen MR) is 121 cm³/mol. The number of carbonyl (C=O) groups excluding carboxylic acids is 1. The predicted octanol–water partition coefficient (Wildman–Crippen LogP) is 2.51. The fraction of sp³-hybridized carbons (Fsp3) is 0.208. The summed E-state index contributed by atoms with van der Waals surface area (Å²) in [7, 11) is 1.58. The minimum absolute atomic E-state index is 0.114.